The number of rotatable bonds is 2. The average Bonchev–Trinajstić information content (AvgIpc) is 2.02. The Morgan fingerprint density at radius 1 is 1.14 bits per heavy atom. The van der Waals surface area contributed by atoms with E-state index in [9.17, 15) is 5.11 Å². The van der Waals surface area contributed by atoms with E-state index >= 15 is 0 Å². The van der Waals surface area contributed by atoms with Crippen LogP contribution >= 0.6 is 0 Å². The van der Waals surface area contributed by atoms with Crippen LogP contribution in [0.3, 0.4) is 0 Å². The number of benzene rings is 1. The van der Waals surface area contributed by atoms with E-state index in [1.54, 1.807) is 0 Å². The van der Waals surface area contributed by atoms with Crippen molar-refractivity contribution in [1.82, 2.24) is 0 Å². The molecule has 1 atom stereocenters. The van der Waals surface area contributed by atoms with Crippen LogP contribution in [0, 0.1) is 12.3 Å². The molecule has 0 fully saturated rings. The highest BCUT2D eigenvalue weighted by molar-refractivity contribution is 5.23. The first-order chi connectivity index (χ1) is 6.38. The van der Waals surface area contributed by atoms with Gasteiger partial charge in [-0.2, -0.15) is 0 Å². The Morgan fingerprint density at radius 3 is 2.07 bits per heavy atom. The molecule has 0 saturated heterocycles. The lowest BCUT2D eigenvalue weighted by atomic mass is 9.87. The number of aliphatic hydroxyl groups is 1. The van der Waals surface area contributed by atoms with E-state index in [1.807, 2.05) is 24.3 Å². The fourth-order valence-corrected chi connectivity index (χ4v) is 1.49. The van der Waals surface area contributed by atoms with E-state index in [0.717, 1.165) is 12.0 Å². The highest BCUT2D eigenvalue weighted by atomic mass is 16.3. The third-order valence-corrected chi connectivity index (χ3v) is 2.27. The molecule has 0 amide bonds. The molecule has 1 rings (SSSR count). The lowest BCUT2D eigenvalue weighted by molar-refractivity contribution is 0.122. The van der Waals surface area contributed by atoms with Gasteiger partial charge in [0.1, 0.15) is 0 Å². The van der Waals surface area contributed by atoms with Gasteiger partial charge in [-0.05, 0) is 24.3 Å². The van der Waals surface area contributed by atoms with E-state index in [-0.39, 0.29) is 11.5 Å². The van der Waals surface area contributed by atoms with Gasteiger partial charge in [0.25, 0.3) is 0 Å². The first kappa shape index (κ1) is 11.3. The van der Waals surface area contributed by atoms with Crippen molar-refractivity contribution in [3.05, 3.63) is 35.4 Å². The maximum absolute atomic E-state index is 9.95. The summed E-state index contributed by atoms with van der Waals surface area (Å²) in [4.78, 5) is 0. The third-order valence-electron chi connectivity index (χ3n) is 2.27. The summed E-state index contributed by atoms with van der Waals surface area (Å²) in [7, 11) is 0. The molecule has 0 aliphatic rings. The average molecular weight is 192 g/mol. The molecule has 0 bridgehead atoms. The molecule has 1 aromatic carbocycles. The summed E-state index contributed by atoms with van der Waals surface area (Å²) in [5, 5.41) is 9.95. The monoisotopic (exact) mass is 192 g/mol. The molecule has 0 saturated carbocycles. The van der Waals surface area contributed by atoms with E-state index in [4.69, 9.17) is 0 Å². The largest absolute Gasteiger partial charge is 0.388 e. The van der Waals surface area contributed by atoms with Gasteiger partial charge in [0.15, 0.2) is 0 Å². The molecule has 0 aliphatic heterocycles. The Bertz CT molecular complexity index is 279. The van der Waals surface area contributed by atoms with Crippen molar-refractivity contribution >= 4 is 0 Å². The van der Waals surface area contributed by atoms with Crippen molar-refractivity contribution in [2.75, 3.05) is 0 Å². The minimum atomic E-state index is -0.337. The summed E-state index contributed by atoms with van der Waals surface area (Å²) in [6.45, 7) is 8.49. The molecule has 1 N–H and O–H groups in total. The summed E-state index contributed by atoms with van der Waals surface area (Å²) < 4.78 is 0. The maximum Gasteiger partial charge on any atom is 0.0795 e. The second kappa shape index (κ2) is 4.14. The second-order valence-electron chi connectivity index (χ2n) is 5.19. The maximum atomic E-state index is 9.95. The molecule has 14 heavy (non-hydrogen) atoms. The summed E-state index contributed by atoms with van der Waals surface area (Å²) in [5.41, 5.74) is 2.42. The second-order valence-corrected chi connectivity index (χ2v) is 5.19. The lowest BCUT2D eigenvalue weighted by Crippen LogP contribution is -2.11. The van der Waals surface area contributed by atoms with Crippen molar-refractivity contribution in [3.63, 3.8) is 0 Å². The van der Waals surface area contributed by atoms with Crippen LogP contribution < -0.4 is 0 Å². The minimum absolute atomic E-state index is 0.171. The van der Waals surface area contributed by atoms with Gasteiger partial charge in [0.2, 0.25) is 0 Å². The molecular weight excluding hydrogens is 172 g/mol. The van der Waals surface area contributed by atoms with Gasteiger partial charge in [0, 0.05) is 0 Å². The van der Waals surface area contributed by atoms with Crippen LogP contribution in [0.2, 0.25) is 0 Å². The van der Waals surface area contributed by atoms with E-state index < -0.39 is 0 Å². The van der Waals surface area contributed by atoms with Crippen molar-refractivity contribution in [1.29, 1.82) is 0 Å². The van der Waals surface area contributed by atoms with Gasteiger partial charge in [0.05, 0.1) is 6.10 Å². The molecule has 1 heteroatoms. The smallest absolute Gasteiger partial charge is 0.0795 e. The topological polar surface area (TPSA) is 20.2 Å². The van der Waals surface area contributed by atoms with Gasteiger partial charge in [-0.1, -0.05) is 50.6 Å². The first-order valence-electron chi connectivity index (χ1n) is 5.13. The Morgan fingerprint density at radius 2 is 1.64 bits per heavy atom. The molecular formula is C13H20O. The van der Waals surface area contributed by atoms with Gasteiger partial charge < -0.3 is 5.11 Å². The number of aliphatic hydroxyl groups excluding tert-OH is 1. The highest BCUT2D eigenvalue weighted by Gasteiger charge is 2.17. The molecule has 78 valence electrons. The van der Waals surface area contributed by atoms with Gasteiger partial charge in [-0.15, -0.1) is 0 Å². The normalized spacial score (nSPS) is 14.1. The minimum Gasteiger partial charge on any atom is -0.388 e. The Labute approximate surface area is 86.8 Å². The molecule has 1 unspecified atom stereocenters. The predicted molar refractivity (Wildman–Crippen MR) is 60.2 cm³/mol. The highest BCUT2D eigenvalue weighted by Crippen LogP contribution is 2.29. The fourth-order valence-electron chi connectivity index (χ4n) is 1.49. The zero-order valence-corrected chi connectivity index (χ0v) is 9.54. The van der Waals surface area contributed by atoms with Crippen LogP contribution in [-0.4, -0.2) is 5.11 Å². The van der Waals surface area contributed by atoms with E-state index in [2.05, 4.69) is 27.7 Å². The van der Waals surface area contributed by atoms with Gasteiger partial charge >= 0.3 is 0 Å². The molecule has 0 aromatic heterocycles. The zero-order chi connectivity index (χ0) is 10.8. The summed E-state index contributed by atoms with van der Waals surface area (Å²) >= 11 is 0. The van der Waals surface area contributed by atoms with Crippen LogP contribution in [-0.2, 0) is 0 Å². The SMILES string of the molecule is Cc1ccc(C(O)CC(C)(C)C)cc1. The predicted octanol–water partition coefficient (Wildman–Crippen LogP) is 3.46. The van der Waals surface area contributed by atoms with Crippen molar-refractivity contribution in [2.24, 2.45) is 5.41 Å². The van der Waals surface area contributed by atoms with Gasteiger partial charge in [-0.25, -0.2) is 0 Å². The zero-order valence-electron chi connectivity index (χ0n) is 9.54. The molecule has 0 aliphatic carbocycles. The fraction of sp³-hybridized carbons (Fsp3) is 0.538. The summed E-state index contributed by atoms with van der Waals surface area (Å²) in [6, 6.07) is 8.10. The van der Waals surface area contributed by atoms with Crippen molar-refractivity contribution in [2.45, 2.75) is 40.2 Å². The number of hydrogen-bond donors (Lipinski definition) is 1. The molecule has 1 aromatic rings. The summed E-state index contributed by atoms with van der Waals surface area (Å²) in [6.07, 6.45) is 0.464. The lowest BCUT2D eigenvalue weighted by Gasteiger charge is -2.22. The Balaban J connectivity index is 2.70. The third kappa shape index (κ3) is 3.51. The number of hydrogen-bond acceptors (Lipinski definition) is 1. The van der Waals surface area contributed by atoms with E-state index in [0.29, 0.717) is 0 Å². The molecule has 0 radical (unpaired) electrons. The Hall–Kier alpha value is -0.820. The quantitative estimate of drug-likeness (QED) is 0.760. The van der Waals surface area contributed by atoms with Crippen LogP contribution in [0.5, 0.6) is 0 Å². The van der Waals surface area contributed by atoms with Crippen LogP contribution in [0.4, 0.5) is 0 Å². The summed E-state index contributed by atoms with van der Waals surface area (Å²) in [5.74, 6) is 0. The first-order valence-corrected chi connectivity index (χ1v) is 5.13. The standard InChI is InChI=1S/C13H20O/c1-10-5-7-11(8-6-10)12(14)9-13(2,3)4/h5-8,12,14H,9H2,1-4H3. The Kier molecular flexibility index (Phi) is 3.33. The van der Waals surface area contributed by atoms with E-state index in [1.165, 1.54) is 5.56 Å². The molecule has 0 spiro atoms. The van der Waals surface area contributed by atoms with Crippen LogP contribution in [0.25, 0.3) is 0 Å². The molecule has 0 heterocycles. The van der Waals surface area contributed by atoms with Gasteiger partial charge in [-0.3, -0.25) is 0 Å². The van der Waals surface area contributed by atoms with Crippen LogP contribution in [0.1, 0.15) is 44.4 Å². The van der Waals surface area contributed by atoms with Crippen LogP contribution in [0.15, 0.2) is 24.3 Å². The number of aryl methyl sites for hydroxylation is 1. The van der Waals surface area contributed by atoms with Crippen molar-refractivity contribution in [3.8, 4) is 0 Å². The van der Waals surface area contributed by atoms with Crippen molar-refractivity contribution < 1.29 is 5.11 Å². The molecule has 1 nitrogen and oxygen atoms in total.